The van der Waals surface area contributed by atoms with Gasteiger partial charge in [0.1, 0.15) is 11.6 Å². The molecule has 3 aromatic carbocycles. The molecule has 3 rings (SSSR count). The van der Waals surface area contributed by atoms with E-state index in [1.807, 2.05) is 24.3 Å². The SMILES string of the molecule is CCCCCCN(Cc1ccc(-c2ccc(F)cc2)cc1)c1ccc(F)c(C(=O)O)c1. The van der Waals surface area contributed by atoms with Gasteiger partial charge < -0.3 is 10.0 Å². The lowest BCUT2D eigenvalue weighted by atomic mass is 10.0. The number of nitrogens with zero attached hydrogens (tertiary/aromatic N) is 1. The first-order chi connectivity index (χ1) is 15.0. The number of carboxylic acid groups (broad SMARTS) is 1. The molecule has 0 aromatic heterocycles. The Labute approximate surface area is 182 Å². The van der Waals surface area contributed by atoms with Crippen LogP contribution in [0.1, 0.15) is 48.5 Å². The molecule has 0 heterocycles. The average molecular weight is 424 g/mol. The summed E-state index contributed by atoms with van der Waals surface area (Å²) in [6.07, 6.45) is 4.33. The molecule has 0 bridgehead atoms. The zero-order valence-corrected chi connectivity index (χ0v) is 17.7. The number of benzene rings is 3. The number of aromatic carboxylic acids is 1. The van der Waals surface area contributed by atoms with Crippen molar-refractivity contribution in [1.82, 2.24) is 0 Å². The minimum absolute atomic E-state index is 0.265. The Bertz CT molecular complexity index is 1000. The number of hydrogen-bond donors (Lipinski definition) is 1. The Morgan fingerprint density at radius 3 is 2.13 bits per heavy atom. The summed E-state index contributed by atoms with van der Waals surface area (Å²) in [5.41, 5.74) is 3.37. The van der Waals surface area contributed by atoms with Gasteiger partial charge in [-0.2, -0.15) is 0 Å². The Balaban J connectivity index is 1.80. The van der Waals surface area contributed by atoms with Gasteiger partial charge in [-0.1, -0.05) is 62.6 Å². The van der Waals surface area contributed by atoms with Gasteiger partial charge in [0.25, 0.3) is 0 Å². The summed E-state index contributed by atoms with van der Waals surface area (Å²) in [7, 11) is 0. The predicted octanol–water partition coefficient (Wildman–Crippen LogP) is 6.92. The molecule has 1 N–H and O–H groups in total. The highest BCUT2D eigenvalue weighted by atomic mass is 19.1. The van der Waals surface area contributed by atoms with Crippen LogP contribution in [0.5, 0.6) is 0 Å². The smallest absolute Gasteiger partial charge is 0.338 e. The van der Waals surface area contributed by atoms with E-state index < -0.39 is 11.8 Å². The minimum atomic E-state index is -1.27. The monoisotopic (exact) mass is 423 g/mol. The van der Waals surface area contributed by atoms with Gasteiger partial charge in [0.15, 0.2) is 0 Å². The molecule has 0 spiro atoms. The van der Waals surface area contributed by atoms with Crippen molar-refractivity contribution in [2.75, 3.05) is 11.4 Å². The Morgan fingerprint density at radius 2 is 1.52 bits per heavy atom. The van der Waals surface area contributed by atoms with Crippen LogP contribution in [0, 0.1) is 11.6 Å². The molecule has 0 fully saturated rings. The van der Waals surface area contributed by atoms with Crippen molar-refractivity contribution in [3.63, 3.8) is 0 Å². The van der Waals surface area contributed by atoms with Crippen molar-refractivity contribution in [2.45, 2.75) is 39.2 Å². The highest BCUT2D eigenvalue weighted by Gasteiger charge is 2.15. The fraction of sp³-hybridized carbons (Fsp3) is 0.269. The second-order valence-corrected chi connectivity index (χ2v) is 7.66. The van der Waals surface area contributed by atoms with E-state index in [9.17, 15) is 18.7 Å². The standard InChI is InChI=1S/C26H27F2NO2/c1-2-3-4-5-16-29(23-14-15-25(28)24(17-23)26(30)31)18-19-6-8-20(9-7-19)21-10-12-22(27)13-11-21/h6-15,17H,2-5,16,18H2,1H3,(H,30,31). The summed E-state index contributed by atoms with van der Waals surface area (Å²) >= 11 is 0. The lowest BCUT2D eigenvalue weighted by Gasteiger charge is -2.26. The third kappa shape index (κ3) is 6.14. The first-order valence-corrected chi connectivity index (χ1v) is 10.6. The summed E-state index contributed by atoms with van der Waals surface area (Å²) in [4.78, 5) is 13.5. The van der Waals surface area contributed by atoms with Gasteiger partial charge in [0, 0.05) is 18.8 Å². The summed E-state index contributed by atoms with van der Waals surface area (Å²) in [6, 6.07) is 18.6. The highest BCUT2D eigenvalue weighted by Crippen LogP contribution is 2.24. The summed E-state index contributed by atoms with van der Waals surface area (Å²) in [5.74, 6) is -2.26. The number of carboxylic acids is 1. The van der Waals surface area contributed by atoms with E-state index >= 15 is 0 Å². The van der Waals surface area contributed by atoms with Gasteiger partial charge >= 0.3 is 5.97 Å². The van der Waals surface area contributed by atoms with Crippen molar-refractivity contribution in [3.05, 3.63) is 89.5 Å². The van der Waals surface area contributed by atoms with Gasteiger partial charge in [-0.3, -0.25) is 0 Å². The van der Waals surface area contributed by atoms with Crippen LogP contribution in [0.15, 0.2) is 66.7 Å². The lowest BCUT2D eigenvalue weighted by Crippen LogP contribution is -2.24. The first-order valence-electron chi connectivity index (χ1n) is 10.6. The number of anilines is 1. The molecule has 0 amide bonds. The molecule has 31 heavy (non-hydrogen) atoms. The van der Waals surface area contributed by atoms with Crippen LogP contribution in [0.3, 0.4) is 0 Å². The maximum absolute atomic E-state index is 13.9. The van der Waals surface area contributed by atoms with Gasteiger partial charge in [-0.15, -0.1) is 0 Å². The highest BCUT2D eigenvalue weighted by molar-refractivity contribution is 5.89. The van der Waals surface area contributed by atoms with Crippen molar-refractivity contribution in [3.8, 4) is 11.1 Å². The normalized spacial score (nSPS) is 10.8. The maximum atomic E-state index is 13.9. The quantitative estimate of drug-likeness (QED) is 0.360. The number of rotatable bonds is 10. The first kappa shape index (κ1) is 22.5. The number of unbranched alkanes of at least 4 members (excludes halogenated alkanes) is 3. The molecule has 0 radical (unpaired) electrons. The van der Waals surface area contributed by atoms with E-state index in [1.165, 1.54) is 24.3 Å². The Hall–Kier alpha value is -3.21. The van der Waals surface area contributed by atoms with E-state index in [1.54, 1.807) is 18.2 Å². The third-order valence-corrected chi connectivity index (χ3v) is 5.33. The zero-order chi connectivity index (χ0) is 22.2. The number of halogens is 2. The van der Waals surface area contributed by atoms with Gasteiger partial charge in [-0.25, -0.2) is 13.6 Å². The molecule has 0 saturated carbocycles. The van der Waals surface area contributed by atoms with E-state index in [2.05, 4.69) is 11.8 Å². The molecule has 0 atom stereocenters. The van der Waals surface area contributed by atoms with Gasteiger partial charge in [0.05, 0.1) is 5.56 Å². The predicted molar refractivity (Wildman–Crippen MR) is 120 cm³/mol. The van der Waals surface area contributed by atoms with Gasteiger partial charge in [0.2, 0.25) is 0 Å². The van der Waals surface area contributed by atoms with E-state index in [4.69, 9.17) is 0 Å². The van der Waals surface area contributed by atoms with Crippen LogP contribution in [0.25, 0.3) is 11.1 Å². The fourth-order valence-corrected chi connectivity index (χ4v) is 3.57. The molecule has 5 heteroatoms. The van der Waals surface area contributed by atoms with E-state index in [0.29, 0.717) is 12.2 Å². The Morgan fingerprint density at radius 1 is 0.871 bits per heavy atom. The van der Waals surface area contributed by atoms with Crippen LogP contribution >= 0.6 is 0 Å². The van der Waals surface area contributed by atoms with E-state index in [-0.39, 0.29) is 11.4 Å². The maximum Gasteiger partial charge on any atom is 0.338 e. The van der Waals surface area contributed by atoms with Gasteiger partial charge in [-0.05, 0) is 53.4 Å². The van der Waals surface area contributed by atoms with Crippen LogP contribution < -0.4 is 4.90 Å². The lowest BCUT2D eigenvalue weighted by molar-refractivity contribution is 0.0692. The average Bonchev–Trinajstić information content (AvgIpc) is 2.77. The fourth-order valence-electron chi connectivity index (χ4n) is 3.57. The topological polar surface area (TPSA) is 40.5 Å². The molecule has 3 aromatic rings. The van der Waals surface area contributed by atoms with Crippen molar-refractivity contribution < 1.29 is 18.7 Å². The Kier molecular flexibility index (Phi) is 7.76. The largest absolute Gasteiger partial charge is 0.478 e. The molecule has 0 aliphatic heterocycles. The zero-order valence-electron chi connectivity index (χ0n) is 17.7. The van der Waals surface area contributed by atoms with Crippen LogP contribution in [0.2, 0.25) is 0 Å². The minimum Gasteiger partial charge on any atom is -0.478 e. The van der Waals surface area contributed by atoms with Crippen molar-refractivity contribution >= 4 is 11.7 Å². The summed E-state index contributed by atoms with van der Waals surface area (Å²) in [5, 5.41) is 9.28. The molecule has 0 aliphatic carbocycles. The molecule has 162 valence electrons. The number of carbonyl (C=O) groups is 1. The molecule has 0 aliphatic rings. The second-order valence-electron chi connectivity index (χ2n) is 7.66. The molecular formula is C26H27F2NO2. The third-order valence-electron chi connectivity index (χ3n) is 5.33. The van der Waals surface area contributed by atoms with Crippen LogP contribution in [-0.2, 0) is 6.54 Å². The van der Waals surface area contributed by atoms with Crippen LogP contribution in [-0.4, -0.2) is 17.6 Å². The molecule has 0 saturated heterocycles. The second kappa shape index (κ2) is 10.7. The molecular weight excluding hydrogens is 396 g/mol. The summed E-state index contributed by atoms with van der Waals surface area (Å²) < 4.78 is 27.0. The number of hydrogen-bond acceptors (Lipinski definition) is 2. The summed E-state index contributed by atoms with van der Waals surface area (Å²) in [6.45, 7) is 3.49. The van der Waals surface area contributed by atoms with Crippen molar-refractivity contribution in [1.29, 1.82) is 0 Å². The molecule has 3 nitrogen and oxygen atoms in total. The van der Waals surface area contributed by atoms with Crippen LogP contribution in [0.4, 0.5) is 14.5 Å². The molecule has 0 unspecified atom stereocenters. The van der Waals surface area contributed by atoms with Crippen molar-refractivity contribution in [2.24, 2.45) is 0 Å². The van der Waals surface area contributed by atoms with E-state index in [0.717, 1.165) is 48.9 Å².